The molecule has 0 spiro atoms. The van der Waals surface area contributed by atoms with Crippen molar-refractivity contribution in [3.8, 4) is 0 Å². The third kappa shape index (κ3) is 6.43. The van der Waals surface area contributed by atoms with Crippen molar-refractivity contribution in [3.05, 3.63) is 0 Å². The number of hydrogen-bond donors (Lipinski definition) is 4. The molecule has 1 atom stereocenters. The molecular formula is C8H20N4O2S. The van der Waals surface area contributed by atoms with Crippen LogP contribution in [-0.2, 0) is 10.2 Å². The van der Waals surface area contributed by atoms with Crippen LogP contribution in [-0.4, -0.2) is 26.8 Å². The second-order valence-electron chi connectivity index (χ2n) is 3.78. The lowest BCUT2D eigenvalue weighted by atomic mass is 10.2. The van der Waals surface area contributed by atoms with E-state index in [0.717, 1.165) is 0 Å². The van der Waals surface area contributed by atoms with E-state index in [0.29, 0.717) is 13.0 Å². The van der Waals surface area contributed by atoms with Gasteiger partial charge in [0.25, 0.3) is 10.2 Å². The van der Waals surface area contributed by atoms with E-state index in [1.165, 1.54) is 0 Å². The molecule has 0 rings (SSSR count). The van der Waals surface area contributed by atoms with Gasteiger partial charge in [0.05, 0.1) is 6.04 Å². The fourth-order valence-electron chi connectivity index (χ4n) is 0.872. The molecule has 90 valence electrons. The Hall–Kier alpha value is -0.660. The molecule has 0 aliphatic rings. The van der Waals surface area contributed by atoms with Gasteiger partial charge in [0, 0.05) is 6.54 Å². The molecule has 0 heterocycles. The Bertz CT molecular complexity index is 300. The van der Waals surface area contributed by atoms with Crippen LogP contribution < -0.4 is 15.2 Å². The van der Waals surface area contributed by atoms with Crippen LogP contribution in [0.3, 0.4) is 0 Å². The molecule has 1 unspecified atom stereocenters. The van der Waals surface area contributed by atoms with Crippen LogP contribution >= 0.6 is 0 Å². The van der Waals surface area contributed by atoms with Crippen LogP contribution in [0.5, 0.6) is 0 Å². The van der Waals surface area contributed by atoms with Crippen LogP contribution in [0.25, 0.3) is 0 Å². The summed E-state index contributed by atoms with van der Waals surface area (Å²) in [6, 6.07) is -0.630. The summed E-state index contributed by atoms with van der Waals surface area (Å²) in [7, 11) is -3.55. The molecule has 0 aromatic rings. The minimum atomic E-state index is -3.55. The first-order valence-electron chi connectivity index (χ1n) is 4.89. The van der Waals surface area contributed by atoms with Gasteiger partial charge < -0.3 is 5.73 Å². The first-order chi connectivity index (χ1) is 6.78. The van der Waals surface area contributed by atoms with E-state index in [-0.39, 0.29) is 11.8 Å². The van der Waals surface area contributed by atoms with E-state index in [9.17, 15) is 8.42 Å². The molecule has 0 aliphatic carbocycles. The summed E-state index contributed by atoms with van der Waals surface area (Å²) in [5, 5.41) is 7.17. The van der Waals surface area contributed by atoms with E-state index < -0.39 is 16.3 Å². The molecule has 0 aromatic heterocycles. The van der Waals surface area contributed by atoms with Gasteiger partial charge in [-0.25, -0.2) is 4.72 Å². The van der Waals surface area contributed by atoms with Crippen LogP contribution in [0.15, 0.2) is 0 Å². The van der Waals surface area contributed by atoms with Gasteiger partial charge in [0.2, 0.25) is 0 Å². The average molecular weight is 236 g/mol. The zero-order chi connectivity index (χ0) is 12.1. The first kappa shape index (κ1) is 14.3. The molecule has 0 aromatic carbocycles. The highest BCUT2D eigenvalue weighted by Crippen LogP contribution is 1.94. The second kappa shape index (κ2) is 6.04. The lowest BCUT2D eigenvalue weighted by molar-refractivity contribution is 0.539. The average Bonchev–Trinajstić information content (AvgIpc) is 2.11. The second-order valence-corrected chi connectivity index (χ2v) is 5.31. The highest BCUT2D eigenvalue weighted by Gasteiger charge is 2.18. The van der Waals surface area contributed by atoms with Gasteiger partial charge in [0.1, 0.15) is 5.84 Å². The molecule has 0 fully saturated rings. The lowest BCUT2D eigenvalue weighted by Gasteiger charge is -2.16. The quantitative estimate of drug-likeness (QED) is 0.362. The Balaban J connectivity index is 4.30. The summed E-state index contributed by atoms with van der Waals surface area (Å²) in [6.45, 7) is 5.94. The maximum absolute atomic E-state index is 11.4. The van der Waals surface area contributed by atoms with Crippen LogP contribution in [0.4, 0.5) is 0 Å². The summed E-state index contributed by atoms with van der Waals surface area (Å²) in [4.78, 5) is 0. The highest BCUT2D eigenvalue weighted by molar-refractivity contribution is 7.87. The van der Waals surface area contributed by atoms with Crippen molar-refractivity contribution >= 4 is 16.0 Å². The van der Waals surface area contributed by atoms with Gasteiger partial charge in [0.15, 0.2) is 0 Å². The predicted molar refractivity (Wildman–Crippen MR) is 60.9 cm³/mol. The number of amidine groups is 1. The topological polar surface area (TPSA) is 108 Å². The lowest BCUT2D eigenvalue weighted by Crippen LogP contribution is -2.48. The van der Waals surface area contributed by atoms with Gasteiger partial charge in [-0.05, 0) is 12.3 Å². The minimum absolute atomic E-state index is 0.174. The molecule has 0 amide bonds. The predicted octanol–water partition coefficient (Wildman–Crippen LogP) is -0.219. The van der Waals surface area contributed by atoms with Crippen LogP contribution in [0.2, 0.25) is 0 Å². The van der Waals surface area contributed by atoms with Gasteiger partial charge in [-0.1, -0.05) is 20.8 Å². The zero-order valence-corrected chi connectivity index (χ0v) is 10.2. The summed E-state index contributed by atoms with van der Waals surface area (Å²) >= 11 is 0. The van der Waals surface area contributed by atoms with Crippen molar-refractivity contribution < 1.29 is 8.42 Å². The molecule has 0 radical (unpaired) electrons. The Morgan fingerprint density at radius 3 is 2.33 bits per heavy atom. The Kier molecular flexibility index (Phi) is 5.77. The van der Waals surface area contributed by atoms with Crippen molar-refractivity contribution in [2.75, 3.05) is 6.54 Å². The van der Waals surface area contributed by atoms with E-state index in [1.54, 1.807) is 6.92 Å². The van der Waals surface area contributed by atoms with E-state index in [4.69, 9.17) is 11.1 Å². The Morgan fingerprint density at radius 2 is 2.00 bits per heavy atom. The molecule has 0 aliphatic heterocycles. The third-order valence-electron chi connectivity index (χ3n) is 1.76. The van der Waals surface area contributed by atoms with Crippen molar-refractivity contribution in [1.29, 1.82) is 5.41 Å². The van der Waals surface area contributed by atoms with Crippen LogP contribution in [0, 0.1) is 11.3 Å². The van der Waals surface area contributed by atoms with E-state index in [1.807, 2.05) is 13.8 Å². The minimum Gasteiger partial charge on any atom is -0.386 e. The summed E-state index contributed by atoms with van der Waals surface area (Å²) in [6.07, 6.45) is 0.456. The number of nitrogens with two attached hydrogens (primary N) is 1. The van der Waals surface area contributed by atoms with E-state index >= 15 is 0 Å². The maximum atomic E-state index is 11.4. The van der Waals surface area contributed by atoms with Crippen molar-refractivity contribution in [3.63, 3.8) is 0 Å². The SMILES string of the molecule is CCC(NS(=O)(=O)NCC(C)C)C(=N)N. The molecule has 0 bridgehead atoms. The summed E-state index contributed by atoms with van der Waals surface area (Å²) in [5.41, 5.74) is 5.24. The van der Waals surface area contributed by atoms with Gasteiger partial charge in [-0.3, -0.25) is 5.41 Å². The third-order valence-corrected chi connectivity index (χ3v) is 2.90. The number of nitrogens with one attached hydrogen (secondary N) is 3. The van der Waals surface area contributed by atoms with Crippen molar-refractivity contribution in [2.45, 2.75) is 33.2 Å². The number of rotatable bonds is 7. The molecule has 0 saturated heterocycles. The normalized spacial score (nSPS) is 14.1. The monoisotopic (exact) mass is 236 g/mol. The molecular weight excluding hydrogens is 216 g/mol. The molecule has 6 nitrogen and oxygen atoms in total. The molecule has 0 saturated carbocycles. The fourth-order valence-corrected chi connectivity index (χ4v) is 2.18. The largest absolute Gasteiger partial charge is 0.386 e. The van der Waals surface area contributed by atoms with Gasteiger partial charge in [-0.15, -0.1) is 0 Å². The van der Waals surface area contributed by atoms with E-state index in [2.05, 4.69) is 9.44 Å². The standard InChI is InChI=1S/C8H20N4O2S/c1-4-7(8(9)10)12-15(13,14)11-5-6(2)3/h6-7,11-12H,4-5H2,1-3H3,(H3,9,10). The maximum Gasteiger partial charge on any atom is 0.277 e. The van der Waals surface area contributed by atoms with Crippen molar-refractivity contribution in [2.24, 2.45) is 11.7 Å². The Labute approximate surface area is 91.3 Å². The highest BCUT2D eigenvalue weighted by atomic mass is 32.2. The summed E-state index contributed by atoms with van der Waals surface area (Å²) < 4.78 is 27.6. The fraction of sp³-hybridized carbons (Fsp3) is 0.875. The molecule has 15 heavy (non-hydrogen) atoms. The number of hydrogen-bond acceptors (Lipinski definition) is 3. The van der Waals surface area contributed by atoms with Crippen LogP contribution in [0.1, 0.15) is 27.2 Å². The zero-order valence-electron chi connectivity index (χ0n) is 9.37. The Morgan fingerprint density at radius 1 is 1.47 bits per heavy atom. The van der Waals surface area contributed by atoms with Gasteiger partial charge >= 0.3 is 0 Å². The first-order valence-corrected chi connectivity index (χ1v) is 6.37. The smallest absolute Gasteiger partial charge is 0.277 e. The van der Waals surface area contributed by atoms with Crippen molar-refractivity contribution in [1.82, 2.24) is 9.44 Å². The summed E-state index contributed by atoms with van der Waals surface area (Å²) in [5.74, 6) is 0.0615. The van der Waals surface area contributed by atoms with Gasteiger partial charge in [-0.2, -0.15) is 13.1 Å². The molecule has 7 heteroatoms. The molecule has 5 N–H and O–H groups in total.